The van der Waals surface area contributed by atoms with Crippen molar-refractivity contribution in [2.45, 2.75) is 78.7 Å². The van der Waals surface area contributed by atoms with E-state index in [0.717, 1.165) is 19.3 Å². The van der Waals surface area contributed by atoms with Crippen LogP contribution in [0.5, 0.6) is 0 Å². The summed E-state index contributed by atoms with van der Waals surface area (Å²) in [5.41, 5.74) is -0.0731. The highest BCUT2D eigenvalue weighted by Crippen LogP contribution is 2.46. The number of hydrogen-bond acceptors (Lipinski definition) is 1. The number of rotatable bonds is 4. The minimum atomic E-state index is -0.391. The molecule has 1 aliphatic carbocycles. The smallest absolute Gasteiger partial charge is 0.0658 e. The van der Waals surface area contributed by atoms with Crippen molar-refractivity contribution >= 4 is 0 Å². The molecule has 0 spiro atoms. The third-order valence-electron chi connectivity index (χ3n) is 4.26. The monoisotopic (exact) mass is 226 g/mol. The molecule has 16 heavy (non-hydrogen) atoms. The van der Waals surface area contributed by atoms with Gasteiger partial charge in [0, 0.05) is 0 Å². The molecule has 2 unspecified atom stereocenters. The Morgan fingerprint density at radius 3 is 2.19 bits per heavy atom. The topological polar surface area (TPSA) is 20.2 Å². The molecule has 1 heteroatoms. The standard InChI is InChI=1S/C15H30O/c1-6-13(7-2)10-15(16)9-12(3)8-14(4,5)11-15/h12-13,16H,6-11H2,1-5H3. The van der Waals surface area contributed by atoms with E-state index < -0.39 is 5.60 Å². The van der Waals surface area contributed by atoms with Crippen molar-refractivity contribution in [3.8, 4) is 0 Å². The van der Waals surface area contributed by atoms with Gasteiger partial charge >= 0.3 is 0 Å². The van der Waals surface area contributed by atoms with Crippen molar-refractivity contribution in [1.29, 1.82) is 0 Å². The van der Waals surface area contributed by atoms with E-state index in [9.17, 15) is 5.11 Å². The predicted octanol–water partition coefficient (Wildman–Crippen LogP) is 4.39. The molecule has 0 radical (unpaired) electrons. The zero-order valence-electron chi connectivity index (χ0n) is 11.8. The Hall–Kier alpha value is -0.0400. The summed E-state index contributed by atoms with van der Waals surface area (Å²) in [6, 6.07) is 0. The number of hydrogen-bond donors (Lipinski definition) is 1. The van der Waals surface area contributed by atoms with Crippen LogP contribution in [0.15, 0.2) is 0 Å². The van der Waals surface area contributed by atoms with Crippen molar-refractivity contribution in [1.82, 2.24) is 0 Å². The first-order valence-corrected chi connectivity index (χ1v) is 7.02. The van der Waals surface area contributed by atoms with Gasteiger partial charge in [-0.05, 0) is 42.9 Å². The van der Waals surface area contributed by atoms with E-state index in [1.54, 1.807) is 0 Å². The van der Waals surface area contributed by atoms with Crippen LogP contribution in [-0.4, -0.2) is 10.7 Å². The molecule has 1 fully saturated rings. The van der Waals surface area contributed by atoms with Gasteiger partial charge in [0.05, 0.1) is 5.60 Å². The summed E-state index contributed by atoms with van der Waals surface area (Å²) >= 11 is 0. The van der Waals surface area contributed by atoms with Crippen LogP contribution in [0.1, 0.15) is 73.1 Å². The minimum absolute atomic E-state index is 0.318. The third-order valence-corrected chi connectivity index (χ3v) is 4.26. The van der Waals surface area contributed by atoms with Crippen LogP contribution in [0, 0.1) is 17.3 Å². The Balaban J connectivity index is 2.67. The normalized spacial score (nSPS) is 34.3. The van der Waals surface area contributed by atoms with Crippen molar-refractivity contribution in [2.75, 3.05) is 0 Å². The van der Waals surface area contributed by atoms with E-state index in [1.807, 2.05) is 0 Å². The Morgan fingerprint density at radius 2 is 1.75 bits per heavy atom. The molecule has 0 bridgehead atoms. The quantitative estimate of drug-likeness (QED) is 0.753. The maximum absolute atomic E-state index is 10.8. The molecule has 96 valence electrons. The van der Waals surface area contributed by atoms with Gasteiger partial charge in [-0.25, -0.2) is 0 Å². The maximum atomic E-state index is 10.8. The first-order chi connectivity index (χ1) is 7.30. The molecular weight excluding hydrogens is 196 g/mol. The van der Waals surface area contributed by atoms with Gasteiger partial charge in [-0.3, -0.25) is 0 Å². The fraction of sp³-hybridized carbons (Fsp3) is 1.00. The van der Waals surface area contributed by atoms with Crippen molar-refractivity contribution in [2.24, 2.45) is 17.3 Å². The lowest BCUT2D eigenvalue weighted by Gasteiger charge is -2.46. The van der Waals surface area contributed by atoms with Crippen molar-refractivity contribution in [3.63, 3.8) is 0 Å². The summed E-state index contributed by atoms with van der Waals surface area (Å²) in [5.74, 6) is 1.37. The van der Waals surface area contributed by atoms with Gasteiger partial charge in [0.25, 0.3) is 0 Å². The molecule has 1 N–H and O–H groups in total. The Bertz CT molecular complexity index is 217. The van der Waals surface area contributed by atoms with Crippen molar-refractivity contribution in [3.05, 3.63) is 0 Å². The van der Waals surface area contributed by atoms with Crippen LogP contribution in [0.2, 0.25) is 0 Å². The maximum Gasteiger partial charge on any atom is 0.0658 e. The van der Waals surface area contributed by atoms with E-state index in [-0.39, 0.29) is 0 Å². The van der Waals surface area contributed by atoms with Gasteiger partial charge in [-0.15, -0.1) is 0 Å². The van der Waals surface area contributed by atoms with E-state index >= 15 is 0 Å². The lowest BCUT2D eigenvalue weighted by Crippen LogP contribution is -2.43. The highest BCUT2D eigenvalue weighted by atomic mass is 16.3. The predicted molar refractivity (Wildman–Crippen MR) is 70.4 cm³/mol. The summed E-state index contributed by atoms with van der Waals surface area (Å²) in [6.07, 6.45) is 6.67. The summed E-state index contributed by atoms with van der Waals surface area (Å²) < 4.78 is 0. The fourth-order valence-corrected chi connectivity index (χ4v) is 3.97. The molecule has 1 rings (SSSR count). The molecule has 0 aromatic heterocycles. The fourth-order valence-electron chi connectivity index (χ4n) is 3.97. The van der Waals surface area contributed by atoms with Crippen LogP contribution in [-0.2, 0) is 0 Å². The molecule has 1 aliphatic rings. The summed E-state index contributed by atoms with van der Waals surface area (Å²) in [4.78, 5) is 0. The zero-order chi connectivity index (χ0) is 12.4. The second-order valence-electron chi connectivity index (χ2n) is 6.97. The molecule has 0 aromatic rings. The lowest BCUT2D eigenvalue weighted by molar-refractivity contribution is -0.0739. The van der Waals surface area contributed by atoms with Crippen LogP contribution >= 0.6 is 0 Å². The number of aliphatic hydroxyl groups is 1. The summed E-state index contributed by atoms with van der Waals surface area (Å²) in [7, 11) is 0. The second-order valence-corrected chi connectivity index (χ2v) is 6.97. The first-order valence-electron chi connectivity index (χ1n) is 7.02. The summed E-state index contributed by atoms with van der Waals surface area (Å²) in [5, 5.41) is 10.8. The van der Waals surface area contributed by atoms with Gasteiger partial charge in [-0.2, -0.15) is 0 Å². The van der Waals surface area contributed by atoms with Gasteiger partial charge in [0.2, 0.25) is 0 Å². The van der Waals surface area contributed by atoms with Crippen molar-refractivity contribution < 1.29 is 5.11 Å². The lowest BCUT2D eigenvalue weighted by atomic mass is 9.63. The second kappa shape index (κ2) is 5.08. The van der Waals surface area contributed by atoms with Crippen LogP contribution < -0.4 is 0 Å². The largest absolute Gasteiger partial charge is 0.390 e. The Labute approximate surface area is 102 Å². The molecule has 0 saturated heterocycles. The van der Waals surface area contributed by atoms with E-state index in [2.05, 4.69) is 34.6 Å². The molecule has 0 amide bonds. The van der Waals surface area contributed by atoms with Gasteiger partial charge in [0.15, 0.2) is 0 Å². The van der Waals surface area contributed by atoms with Gasteiger partial charge in [-0.1, -0.05) is 47.5 Å². The van der Waals surface area contributed by atoms with Crippen LogP contribution in [0.25, 0.3) is 0 Å². The molecular formula is C15H30O. The van der Waals surface area contributed by atoms with E-state index in [4.69, 9.17) is 0 Å². The summed E-state index contributed by atoms with van der Waals surface area (Å²) in [6.45, 7) is 11.4. The first kappa shape index (κ1) is 14.0. The Kier molecular flexibility index (Phi) is 4.45. The highest BCUT2D eigenvalue weighted by Gasteiger charge is 2.42. The molecule has 0 aromatic carbocycles. The SMILES string of the molecule is CCC(CC)CC1(O)CC(C)CC(C)(C)C1. The Morgan fingerprint density at radius 1 is 1.19 bits per heavy atom. The third kappa shape index (κ3) is 3.76. The molecule has 0 heterocycles. The molecule has 0 aliphatic heterocycles. The van der Waals surface area contributed by atoms with E-state index in [1.165, 1.54) is 19.3 Å². The van der Waals surface area contributed by atoms with E-state index in [0.29, 0.717) is 17.3 Å². The zero-order valence-corrected chi connectivity index (χ0v) is 11.8. The molecule has 1 nitrogen and oxygen atoms in total. The van der Waals surface area contributed by atoms with Crippen LogP contribution in [0.4, 0.5) is 0 Å². The average molecular weight is 226 g/mol. The minimum Gasteiger partial charge on any atom is -0.390 e. The van der Waals surface area contributed by atoms with Crippen LogP contribution in [0.3, 0.4) is 0 Å². The highest BCUT2D eigenvalue weighted by molar-refractivity contribution is 4.94. The molecule has 2 atom stereocenters. The molecule has 1 saturated carbocycles. The average Bonchev–Trinajstić information content (AvgIpc) is 2.10. The van der Waals surface area contributed by atoms with Gasteiger partial charge in [0.1, 0.15) is 0 Å². The van der Waals surface area contributed by atoms with Gasteiger partial charge < -0.3 is 5.11 Å².